The molecule has 5 rings (SSSR count). The number of hydrogen-bond donors (Lipinski definition) is 5. The summed E-state index contributed by atoms with van der Waals surface area (Å²) < 4.78 is 0. The van der Waals surface area contributed by atoms with Crippen LogP contribution in [0.15, 0.2) is 42.5 Å². The van der Waals surface area contributed by atoms with Crippen LogP contribution in [0.2, 0.25) is 0 Å². The van der Waals surface area contributed by atoms with Crippen molar-refractivity contribution in [3.05, 3.63) is 70.3 Å². The van der Waals surface area contributed by atoms with Gasteiger partial charge in [-0.05, 0) is 78.4 Å². The molecule has 53 heavy (non-hydrogen) atoms. The Morgan fingerprint density at radius 2 is 1.53 bits per heavy atom. The molecule has 288 valence electrons. The molecular formula is C41H59N7O5. The van der Waals surface area contributed by atoms with Crippen LogP contribution in [-0.4, -0.2) is 90.7 Å². The molecule has 3 unspecified atom stereocenters. The van der Waals surface area contributed by atoms with Gasteiger partial charge in [0, 0.05) is 25.4 Å². The number of aryl methyl sites for hydroxylation is 1. The Bertz CT molecular complexity index is 1710. The molecule has 1 aliphatic carbocycles. The van der Waals surface area contributed by atoms with Crippen molar-refractivity contribution in [1.29, 1.82) is 0 Å². The lowest BCUT2D eigenvalue weighted by Gasteiger charge is -2.40. The topological polar surface area (TPSA) is 166 Å². The number of carbonyl (C=O) groups excluding carboxylic acids is 5. The van der Waals surface area contributed by atoms with Crippen molar-refractivity contribution in [1.82, 2.24) is 31.1 Å². The number of carbonyl (C=O) groups is 5. The number of nitrogens with zero attached hydrogens (tertiary/aromatic N) is 2. The predicted molar refractivity (Wildman–Crippen MR) is 204 cm³/mol. The van der Waals surface area contributed by atoms with Crippen molar-refractivity contribution in [2.24, 2.45) is 16.6 Å². The van der Waals surface area contributed by atoms with Crippen molar-refractivity contribution >= 4 is 29.5 Å². The Morgan fingerprint density at radius 3 is 2.17 bits per heavy atom. The minimum absolute atomic E-state index is 0.0456. The van der Waals surface area contributed by atoms with E-state index in [0.717, 1.165) is 41.5 Å². The van der Waals surface area contributed by atoms with Gasteiger partial charge in [0.05, 0.1) is 18.6 Å². The van der Waals surface area contributed by atoms with E-state index in [1.54, 1.807) is 19.0 Å². The van der Waals surface area contributed by atoms with Crippen LogP contribution in [0.1, 0.15) is 101 Å². The van der Waals surface area contributed by atoms with E-state index >= 15 is 0 Å². The fourth-order valence-electron chi connectivity index (χ4n) is 8.37. The summed E-state index contributed by atoms with van der Waals surface area (Å²) in [6, 6.07) is 11.2. The van der Waals surface area contributed by atoms with E-state index in [0.29, 0.717) is 13.0 Å². The Morgan fingerprint density at radius 1 is 0.849 bits per heavy atom. The fraction of sp³-hybridized carbons (Fsp3) is 0.585. The van der Waals surface area contributed by atoms with E-state index in [2.05, 4.69) is 33.4 Å². The molecule has 5 amide bonds. The second kappa shape index (κ2) is 16.0. The molecule has 2 aliphatic heterocycles. The van der Waals surface area contributed by atoms with Gasteiger partial charge in [-0.15, -0.1) is 0 Å². The number of nitrogens with two attached hydrogens (primary N) is 1. The molecule has 0 aromatic heterocycles. The Labute approximate surface area is 314 Å². The smallest absolute Gasteiger partial charge is 0.246 e. The third-order valence-corrected chi connectivity index (χ3v) is 11.2. The van der Waals surface area contributed by atoms with E-state index in [1.165, 1.54) is 10.5 Å². The fourth-order valence-corrected chi connectivity index (χ4v) is 8.37. The SMILES string of the molecule is CNCC(=O)NC(C(=O)N1Cc2cc(C3C[C@@H](C(=O)NC4CCCc5ccccc54)N(C(=O)[C@@H](NC)C(C)(C)C)C3)ccc2C[C@H]1C(N)=O)C(C)(C)C. The largest absolute Gasteiger partial charge is 0.368 e. The second-order valence-corrected chi connectivity index (χ2v) is 17.2. The summed E-state index contributed by atoms with van der Waals surface area (Å²) in [6.07, 6.45) is 3.50. The van der Waals surface area contributed by atoms with Gasteiger partial charge in [0.1, 0.15) is 18.1 Å². The first-order chi connectivity index (χ1) is 24.9. The molecule has 12 heteroatoms. The second-order valence-electron chi connectivity index (χ2n) is 17.2. The maximum atomic E-state index is 14.3. The minimum Gasteiger partial charge on any atom is -0.368 e. The monoisotopic (exact) mass is 729 g/mol. The van der Waals surface area contributed by atoms with Gasteiger partial charge < -0.3 is 36.8 Å². The molecule has 1 saturated heterocycles. The Kier molecular flexibility index (Phi) is 12.0. The van der Waals surface area contributed by atoms with E-state index < -0.39 is 35.5 Å². The van der Waals surface area contributed by atoms with Gasteiger partial charge in [-0.2, -0.15) is 0 Å². The van der Waals surface area contributed by atoms with Crippen LogP contribution in [-0.2, 0) is 43.4 Å². The lowest BCUT2D eigenvalue weighted by atomic mass is 9.83. The van der Waals surface area contributed by atoms with Gasteiger partial charge >= 0.3 is 0 Å². The maximum absolute atomic E-state index is 14.3. The number of fused-ring (bicyclic) bond motifs is 2. The number of likely N-dealkylation sites (tertiary alicyclic amines) is 1. The lowest BCUT2D eigenvalue weighted by molar-refractivity contribution is -0.146. The van der Waals surface area contributed by atoms with Gasteiger partial charge in [0.25, 0.3) is 0 Å². The quantitative estimate of drug-likeness (QED) is 0.251. The van der Waals surface area contributed by atoms with Crippen molar-refractivity contribution in [3.8, 4) is 0 Å². The average Bonchev–Trinajstić information content (AvgIpc) is 3.55. The Balaban J connectivity index is 1.44. The molecule has 2 aromatic carbocycles. The molecule has 0 bridgehead atoms. The minimum atomic E-state index is -0.886. The van der Waals surface area contributed by atoms with Crippen LogP contribution in [0.5, 0.6) is 0 Å². The third kappa shape index (κ3) is 8.75. The van der Waals surface area contributed by atoms with Crippen molar-refractivity contribution in [2.75, 3.05) is 27.2 Å². The van der Waals surface area contributed by atoms with E-state index in [1.807, 2.05) is 71.9 Å². The molecule has 0 spiro atoms. The van der Waals surface area contributed by atoms with Gasteiger partial charge in [0.2, 0.25) is 29.5 Å². The van der Waals surface area contributed by atoms with Crippen LogP contribution in [0, 0.1) is 10.8 Å². The number of rotatable bonds is 10. The first kappa shape index (κ1) is 39.9. The van der Waals surface area contributed by atoms with Crippen molar-refractivity contribution in [2.45, 2.75) is 116 Å². The summed E-state index contributed by atoms with van der Waals surface area (Å²) in [7, 11) is 3.44. The summed E-state index contributed by atoms with van der Waals surface area (Å²) in [5.41, 5.74) is 9.97. The van der Waals surface area contributed by atoms with E-state index in [9.17, 15) is 24.0 Å². The summed E-state index contributed by atoms with van der Waals surface area (Å²) in [5, 5.41) is 12.2. The van der Waals surface area contributed by atoms with Gasteiger partial charge in [-0.3, -0.25) is 24.0 Å². The maximum Gasteiger partial charge on any atom is 0.246 e. The molecule has 6 N–H and O–H groups in total. The zero-order chi connectivity index (χ0) is 38.8. The molecule has 1 fully saturated rings. The van der Waals surface area contributed by atoms with Crippen molar-refractivity contribution in [3.63, 3.8) is 0 Å². The molecule has 3 aliphatic rings. The van der Waals surface area contributed by atoms with Crippen LogP contribution >= 0.6 is 0 Å². The zero-order valence-electron chi connectivity index (χ0n) is 32.7. The normalized spacial score (nSPS) is 22.6. The number of benzene rings is 2. The summed E-state index contributed by atoms with van der Waals surface area (Å²) in [6.45, 7) is 12.2. The van der Waals surface area contributed by atoms with Crippen molar-refractivity contribution < 1.29 is 24.0 Å². The van der Waals surface area contributed by atoms with E-state index in [-0.39, 0.29) is 60.5 Å². The highest BCUT2D eigenvalue weighted by Gasteiger charge is 2.46. The van der Waals surface area contributed by atoms with Crippen LogP contribution in [0.3, 0.4) is 0 Å². The zero-order valence-corrected chi connectivity index (χ0v) is 32.7. The molecular weight excluding hydrogens is 670 g/mol. The summed E-state index contributed by atoms with van der Waals surface area (Å²) >= 11 is 0. The predicted octanol–water partition coefficient (Wildman–Crippen LogP) is 2.69. The Hall–Kier alpha value is -4.29. The number of nitrogens with one attached hydrogen (secondary N) is 4. The third-order valence-electron chi connectivity index (χ3n) is 11.2. The number of likely N-dealkylation sites (N-methyl/N-ethyl adjacent to an activating group) is 2. The highest BCUT2D eigenvalue weighted by atomic mass is 16.2. The molecule has 0 radical (unpaired) electrons. The summed E-state index contributed by atoms with van der Waals surface area (Å²) in [5.74, 6) is -1.72. The highest BCUT2D eigenvalue weighted by Crippen LogP contribution is 2.38. The number of hydrogen-bond acceptors (Lipinski definition) is 7. The first-order valence-corrected chi connectivity index (χ1v) is 19.0. The molecule has 2 heterocycles. The van der Waals surface area contributed by atoms with Crippen LogP contribution < -0.4 is 27.0 Å². The lowest BCUT2D eigenvalue weighted by Crippen LogP contribution is -2.60. The van der Waals surface area contributed by atoms with Gasteiger partial charge in [-0.25, -0.2) is 0 Å². The number of primary amides is 1. The van der Waals surface area contributed by atoms with Gasteiger partial charge in [-0.1, -0.05) is 84.0 Å². The molecule has 2 aromatic rings. The number of amides is 5. The summed E-state index contributed by atoms with van der Waals surface area (Å²) in [4.78, 5) is 71.3. The standard InChI is InChI=1S/C41H59N7O5/c1-40(2,3)34(44-8)38(52)48-23-28(20-32(48)37(51)45-30-15-11-13-24-12-9-10-14-29(24)30)25-16-17-26-19-31(36(42)50)47(22-27(26)18-25)39(53)35(41(4,5)6)46-33(49)21-43-7/h9-10,12,14,16-18,28,30-32,34-35,43-44H,11,13,15,19-23H2,1-8H3,(H2,42,50)(H,45,51)(H,46,49)/t28?,30?,31-,32-,34+,35?/m0/s1. The van der Waals surface area contributed by atoms with Crippen LogP contribution in [0.4, 0.5) is 0 Å². The molecule has 6 atom stereocenters. The first-order valence-electron chi connectivity index (χ1n) is 19.0. The van der Waals surface area contributed by atoms with E-state index in [4.69, 9.17) is 5.73 Å². The molecule has 12 nitrogen and oxygen atoms in total. The highest BCUT2D eigenvalue weighted by molar-refractivity contribution is 5.93. The van der Waals surface area contributed by atoms with Gasteiger partial charge in [0.15, 0.2) is 0 Å². The molecule has 0 saturated carbocycles. The average molecular weight is 730 g/mol. The van der Waals surface area contributed by atoms with Crippen LogP contribution in [0.25, 0.3) is 0 Å².